The molecule has 0 radical (unpaired) electrons. The van der Waals surface area contributed by atoms with Gasteiger partial charge in [-0.1, -0.05) is 23.2 Å². The standard InChI is InChI=1S/C13H18Cl2N2O3S/c1-16-7-10-11(14)3-4-12(13(10)15)21(18,19)17-8-5-9(6-8)20-2/h3-4,8-9,16-17H,5-7H2,1-2H3. The van der Waals surface area contributed by atoms with Crippen molar-refractivity contribution in [1.82, 2.24) is 10.0 Å². The molecule has 118 valence electrons. The second-order valence-corrected chi connectivity index (χ2v) is 7.48. The SMILES string of the molecule is CNCc1c(Cl)ccc(S(=O)(=O)NC2CC(OC)C2)c1Cl. The highest BCUT2D eigenvalue weighted by Gasteiger charge is 2.33. The molecule has 2 rings (SSSR count). The van der Waals surface area contributed by atoms with Gasteiger partial charge in [-0.25, -0.2) is 13.1 Å². The molecule has 1 aliphatic carbocycles. The maximum atomic E-state index is 12.4. The van der Waals surface area contributed by atoms with Gasteiger partial charge in [0.15, 0.2) is 0 Å². The summed E-state index contributed by atoms with van der Waals surface area (Å²) in [6.45, 7) is 0.399. The number of ether oxygens (including phenoxy) is 1. The molecule has 1 aliphatic rings. The number of halogens is 2. The van der Waals surface area contributed by atoms with Crippen LogP contribution >= 0.6 is 23.2 Å². The number of sulfonamides is 1. The van der Waals surface area contributed by atoms with E-state index in [9.17, 15) is 8.42 Å². The second kappa shape index (κ2) is 6.81. The minimum absolute atomic E-state index is 0.0553. The number of rotatable bonds is 6. The van der Waals surface area contributed by atoms with E-state index in [0.29, 0.717) is 30.0 Å². The molecule has 5 nitrogen and oxygen atoms in total. The monoisotopic (exact) mass is 352 g/mol. The first-order valence-corrected chi connectivity index (χ1v) is 8.79. The van der Waals surface area contributed by atoms with Crippen LogP contribution in [0.2, 0.25) is 10.0 Å². The van der Waals surface area contributed by atoms with Gasteiger partial charge in [-0.05, 0) is 32.0 Å². The highest BCUT2D eigenvalue weighted by Crippen LogP contribution is 2.32. The van der Waals surface area contributed by atoms with Crippen LogP contribution in [0.15, 0.2) is 17.0 Å². The Labute approximate surface area is 135 Å². The van der Waals surface area contributed by atoms with E-state index >= 15 is 0 Å². The van der Waals surface area contributed by atoms with Gasteiger partial charge in [0.1, 0.15) is 4.90 Å². The lowest BCUT2D eigenvalue weighted by Gasteiger charge is -2.34. The molecule has 0 aliphatic heterocycles. The fourth-order valence-electron chi connectivity index (χ4n) is 2.26. The predicted octanol–water partition coefficient (Wildman–Crippen LogP) is 2.17. The zero-order chi connectivity index (χ0) is 15.6. The predicted molar refractivity (Wildman–Crippen MR) is 83.4 cm³/mol. The lowest BCUT2D eigenvalue weighted by atomic mass is 9.90. The van der Waals surface area contributed by atoms with Crippen molar-refractivity contribution in [3.63, 3.8) is 0 Å². The summed E-state index contributed by atoms with van der Waals surface area (Å²) in [5, 5.41) is 3.52. The lowest BCUT2D eigenvalue weighted by Crippen LogP contribution is -2.47. The minimum Gasteiger partial charge on any atom is -0.381 e. The van der Waals surface area contributed by atoms with Crippen molar-refractivity contribution in [2.75, 3.05) is 14.2 Å². The smallest absolute Gasteiger partial charge is 0.242 e. The average Bonchev–Trinajstić information content (AvgIpc) is 2.37. The van der Waals surface area contributed by atoms with Crippen molar-refractivity contribution in [3.05, 3.63) is 27.7 Å². The summed E-state index contributed by atoms with van der Waals surface area (Å²) < 4.78 is 32.6. The second-order valence-electron chi connectivity index (χ2n) is 5.02. The van der Waals surface area contributed by atoms with Gasteiger partial charge < -0.3 is 10.1 Å². The molecule has 0 atom stereocenters. The van der Waals surface area contributed by atoms with Crippen molar-refractivity contribution >= 4 is 33.2 Å². The molecule has 8 heteroatoms. The molecule has 0 aromatic heterocycles. The van der Waals surface area contributed by atoms with Crippen LogP contribution < -0.4 is 10.0 Å². The first-order valence-electron chi connectivity index (χ1n) is 6.55. The van der Waals surface area contributed by atoms with Crippen LogP contribution in [-0.2, 0) is 21.3 Å². The first-order chi connectivity index (χ1) is 9.89. The fourth-order valence-corrected chi connectivity index (χ4v) is 4.43. The Morgan fingerprint density at radius 3 is 2.57 bits per heavy atom. The Hall–Kier alpha value is -0.370. The number of nitrogens with one attached hydrogen (secondary N) is 2. The van der Waals surface area contributed by atoms with Crippen LogP contribution in [-0.4, -0.2) is 34.7 Å². The third-order valence-electron chi connectivity index (χ3n) is 3.54. The summed E-state index contributed by atoms with van der Waals surface area (Å²) in [6, 6.07) is 2.87. The Kier molecular flexibility index (Phi) is 5.51. The minimum atomic E-state index is -3.66. The molecule has 1 aromatic rings. The van der Waals surface area contributed by atoms with Crippen LogP contribution in [0.1, 0.15) is 18.4 Å². The Bertz CT molecular complexity index is 616. The van der Waals surface area contributed by atoms with Crippen molar-refractivity contribution in [2.45, 2.75) is 36.4 Å². The summed E-state index contributed by atoms with van der Waals surface area (Å²) in [5.74, 6) is 0. The van der Waals surface area contributed by atoms with E-state index in [-0.39, 0.29) is 22.1 Å². The summed E-state index contributed by atoms with van der Waals surface area (Å²) in [4.78, 5) is 0.0553. The van der Waals surface area contributed by atoms with Crippen LogP contribution in [0.4, 0.5) is 0 Å². The van der Waals surface area contributed by atoms with Gasteiger partial charge in [0.25, 0.3) is 0 Å². The van der Waals surface area contributed by atoms with E-state index < -0.39 is 10.0 Å². The molecular weight excluding hydrogens is 335 g/mol. The molecule has 1 fully saturated rings. The average molecular weight is 353 g/mol. The lowest BCUT2D eigenvalue weighted by molar-refractivity contribution is 0.0236. The maximum Gasteiger partial charge on any atom is 0.242 e. The van der Waals surface area contributed by atoms with E-state index in [4.69, 9.17) is 27.9 Å². The van der Waals surface area contributed by atoms with Crippen molar-refractivity contribution in [2.24, 2.45) is 0 Å². The quantitative estimate of drug-likeness (QED) is 0.823. The number of hydrogen-bond donors (Lipinski definition) is 2. The molecule has 0 spiro atoms. The number of benzene rings is 1. The van der Waals surface area contributed by atoms with E-state index in [1.54, 1.807) is 20.2 Å². The zero-order valence-electron chi connectivity index (χ0n) is 11.8. The van der Waals surface area contributed by atoms with Gasteiger partial charge in [0.05, 0.1) is 11.1 Å². The normalized spacial score (nSPS) is 22.1. The third-order valence-corrected chi connectivity index (χ3v) is 6.00. The molecule has 1 saturated carbocycles. The summed E-state index contributed by atoms with van der Waals surface area (Å²) in [7, 11) is -0.302. The molecule has 2 N–H and O–H groups in total. The molecule has 0 amide bonds. The van der Waals surface area contributed by atoms with Crippen molar-refractivity contribution in [1.29, 1.82) is 0 Å². The maximum absolute atomic E-state index is 12.4. The van der Waals surface area contributed by atoms with Gasteiger partial charge in [0, 0.05) is 30.3 Å². The topological polar surface area (TPSA) is 67.4 Å². The molecular formula is C13H18Cl2N2O3S. The first kappa shape index (κ1) is 17.0. The van der Waals surface area contributed by atoms with E-state index in [1.165, 1.54) is 6.07 Å². The molecule has 21 heavy (non-hydrogen) atoms. The number of hydrogen-bond acceptors (Lipinski definition) is 4. The van der Waals surface area contributed by atoms with Crippen LogP contribution in [0, 0.1) is 0 Å². The van der Waals surface area contributed by atoms with E-state index in [1.807, 2.05) is 0 Å². The Morgan fingerprint density at radius 2 is 2.00 bits per heavy atom. The largest absolute Gasteiger partial charge is 0.381 e. The highest BCUT2D eigenvalue weighted by molar-refractivity contribution is 7.89. The van der Waals surface area contributed by atoms with E-state index in [0.717, 1.165) is 0 Å². The van der Waals surface area contributed by atoms with E-state index in [2.05, 4.69) is 10.0 Å². The molecule has 0 unspecified atom stereocenters. The highest BCUT2D eigenvalue weighted by atomic mass is 35.5. The van der Waals surface area contributed by atoms with Crippen molar-refractivity contribution in [3.8, 4) is 0 Å². The summed E-state index contributed by atoms with van der Waals surface area (Å²) >= 11 is 12.3. The van der Waals surface area contributed by atoms with Gasteiger partial charge >= 0.3 is 0 Å². The number of methoxy groups -OCH3 is 1. The molecule has 0 saturated heterocycles. The van der Waals surface area contributed by atoms with Crippen LogP contribution in [0.25, 0.3) is 0 Å². The Balaban J connectivity index is 2.22. The van der Waals surface area contributed by atoms with Gasteiger partial charge in [-0.15, -0.1) is 0 Å². The van der Waals surface area contributed by atoms with Crippen molar-refractivity contribution < 1.29 is 13.2 Å². The van der Waals surface area contributed by atoms with Gasteiger partial charge in [-0.2, -0.15) is 0 Å². The fraction of sp³-hybridized carbons (Fsp3) is 0.538. The molecule has 0 bridgehead atoms. The molecule has 0 heterocycles. The van der Waals surface area contributed by atoms with Crippen LogP contribution in [0.5, 0.6) is 0 Å². The summed E-state index contributed by atoms with van der Waals surface area (Å²) in [5.41, 5.74) is 0.576. The molecule has 1 aromatic carbocycles. The third kappa shape index (κ3) is 3.70. The zero-order valence-corrected chi connectivity index (χ0v) is 14.1. The van der Waals surface area contributed by atoms with Gasteiger partial charge in [-0.3, -0.25) is 0 Å². The summed E-state index contributed by atoms with van der Waals surface area (Å²) in [6.07, 6.45) is 1.47. The van der Waals surface area contributed by atoms with Gasteiger partial charge in [0.2, 0.25) is 10.0 Å². The van der Waals surface area contributed by atoms with Crippen LogP contribution in [0.3, 0.4) is 0 Å². The Morgan fingerprint density at radius 1 is 1.33 bits per heavy atom.